The van der Waals surface area contributed by atoms with Crippen LogP contribution in [-0.4, -0.2) is 70.1 Å². The molecule has 266 valence electrons. The quantitative estimate of drug-likeness (QED) is 0.260. The zero-order valence-corrected chi connectivity index (χ0v) is 30.6. The molecule has 3 heterocycles. The fourth-order valence-corrected chi connectivity index (χ4v) is 10.5. The number of amides is 1. The number of anilines is 1. The second-order valence-electron chi connectivity index (χ2n) is 14.6. The van der Waals surface area contributed by atoms with Crippen molar-refractivity contribution in [2.45, 2.75) is 69.3 Å². The normalized spacial score (nSPS) is 28.7. The molecule has 50 heavy (non-hydrogen) atoms. The second-order valence-corrected chi connectivity index (χ2v) is 17.5. The van der Waals surface area contributed by atoms with Gasteiger partial charge in [-0.15, -0.1) is 0 Å². The molecule has 9 nitrogen and oxygen atoms in total. The van der Waals surface area contributed by atoms with Gasteiger partial charge in [0.05, 0.1) is 39.6 Å². The van der Waals surface area contributed by atoms with E-state index in [0.717, 1.165) is 67.3 Å². The van der Waals surface area contributed by atoms with E-state index in [1.165, 1.54) is 11.1 Å². The Labute approximate surface area is 300 Å². The van der Waals surface area contributed by atoms with Crippen LogP contribution in [0, 0.1) is 11.8 Å². The van der Waals surface area contributed by atoms with Gasteiger partial charge >= 0.3 is 0 Å². The van der Waals surface area contributed by atoms with E-state index >= 15 is 0 Å². The molecule has 1 aromatic heterocycles. The number of fused-ring (bicyclic) bond motifs is 4. The lowest BCUT2D eigenvalue weighted by atomic mass is 9.68. The van der Waals surface area contributed by atoms with Crippen molar-refractivity contribution in [2.24, 2.45) is 23.2 Å². The monoisotopic (exact) mass is 718 g/mol. The number of hydrogen-bond donors (Lipinski definition) is 0. The summed E-state index contributed by atoms with van der Waals surface area (Å²) in [6.45, 7) is 2.06. The zero-order valence-electron chi connectivity index (χ0n) is 29.0. The van der Waals surface area contributed by atoms with Crippen molar-refractivity contribution in [1.29, 1.82) is 0 Å². The Bertz CT molecular complexity index is 1920. The molecule has 2 bridgehead atoms. The van der Waals surface area contributed by atoms with Crippen LogP contribution >= 0.6 is 11.6 Å². The molecule has 3 aromatic rings. The van der Waals surface area contributed by atoms with Crippen LogP contribution in [0.5, 0.6) is 5.75 Å². The number of methoxy groups -OCH3 is 1. The Balaban J connectivity index is 1.24. The highest BCUT2D eigenvalue weighted by Crippen LogP contribution is 2.47. The minimum Gasteiger partial charge on any atom is -0.490 e. The Morgan fingerprint density at radius 3 is 2.82 bits per heavy atom. The first kappa shape index (κ1) is 35.0. The number of allylic oxidation sites excluding steroid dienone is 1. The van der Waals surface area contributed by atoms with E-state index in [1.54, 1.807) is 17.9 Å². The van der Waals surface area contributed by atoms with Crippen molar-refractivity contribution in [3.05, 3.63) is 88.2 Å². The third-order valence-corrected chi connectivity index (χ3v) is 13.6. The lowest BCUT2D eigenvalue weighted by molar-refractivity contribution is -0.116. The third-order valence-electron chi connectivity index (χ3n) is 11.1. The van der Waals surface area contributed by atoms with Gasteiger partial charge in [-0.05, 0) is 111 Å². The molecule has 1 saturated carbocycles. The van der Waals surface area contributed by atoms with E-state index in [4.69, 9.17) is 21.1 Å². The number of hydrogen-bond acceptors (Lipinski definition) is 7. The molecular weight excluding hydrogens is 672 g/mol. The van der Waals surface area contributed by atoms with Crippen LogP contribution in [0.3, 0.4) is 0 Å². The van der Waals surface area contributed by atoms with Gasteiger partial charge in [0.1, 0.15) is 11.5 Å². The Morgan fingerprint density at radius 2 is 2.04 bits per heavy atom. The van der Waals surface area contributed by atoms with Crippen LogP contribution in [0.15, 0.2) is 65.2 Å². The van der Waals surface area contributed by atoms with Gasteiger partial charge in [0.25, 0.3) is 5.91 Å². The molecule has 11 heteroatoms. The van der Waals surface area contributed by atoms with E-state index in [9.17, 15) is 13.8 Å². The Morgan fingerprint density at radius 1 is 1.16 bits per heavy atom. The second kappa shape index (κ2) is 14.6. The van der Waals surface area contributed by atoms with Crippen molar-refractivity contribution in [1.82, 2.24) is 9.78 Å². The van der Waals surface area contributed by atoms with Gasteiger partial charge in [0.15, 0.2) is 0 Å². The average molecular weight is 719 g/mol. The summed E-state index contributed by atoms with van der Waals surface area (Å²) in [5.74, 6) is 0.666. The highest BCUT2D eigenvalue weighted by atomic mass is 35.5. The standard InChI is InChI=1S/C39H47ClN4O5S/c1-43-19-17-31(41-43)12-13-32(45)24-50(47)20-5-3-4-8-36(48-2)33-14-9-29(33)23-44-25-39(18-6-7-27-21-30(40)11-15-34(27)39)26-49-37-16-10-28(22-35(37)44)38(46)42-50/h4,8,10-11,15-17,19,21-22,29,33,36H,3,5-7,9,12-14,18,20,23-26H2,1-2H3/b8-4+/t29-,33+,36-,39-,50+/m0/s1. The Hall–Kier alpha value is -3.47. The van der Waals surface area contributed by atoms with E-state index in [2.05, 4.69) is 38.6 Å². The van der Waals surface area contributed by atoms with Crippen LogP contribution in [0.4, 0.5) is 5.69 Å². The number of benzene rings is 2. The molecule has 0 unspecified atom stereocenters. The number of aromatic nitrogens is 2. The summed E-state index contributed by atoms with van der Waals surface area (Å²) in [5.41, 5.74) is 4.32. The number of nitrogens with zero attached hydrogens (tertiary/aromatic N) is 4. The molecule has 1 fully saturated rings. The van der Waals surface area contributed by atoms with Crippen molar-refractivity contribution < 1.29 is 23.3 Å². The van der Waals surface area contributed by atoms with Crippen molar-refractivity contribution >= 4 is 38.7 Å². The molecule has 0 radical (unpaired) electrons. The first-order valence-corrected chi connectivity index (χ1v) is 20.1. The Kier molecular flexibility index (Phi) is 10.2. The molecule has 1 amide bonds. The molecule has 0 N–H and O–H groups in total. The molecule has 4 aliphatic rings. The lowest BCUT2D eigenvalue weighted by Crippen LogP contribution is -2.49. The maximum absolute atomic E-state index is 14.3. The first-order valence-electron chi connectivity index (χ1n) is 17.9. The van der Waals surface area contributed by atoms with Crippen LogP contribution < -0.4 is 9.64 Å². The molecule has 0 saturated heterocycles. The fraction of sp³-hybridized carbons (Fsp3) is 0.513. The van der Waals surface area contributed by atoms with Crippen LogP contribution in [0.25, 0.3) is 0 Å². The van der Waals surface area contributed by atoms with E-state index < -0.39 is 15.6 Å². The van der Waals surface area contributed by atoms with Crippen molar-refractivity contribution in [2.75, 3.05) is 43.2 Å². The topological polar surface area (TPSA) is 103 Å². The molecular formula is C39H47ClN4O5S. The van der Waals surface area contributed by atoms with Crippen LogP contribution in [0.1, 0.15) is 72.1 Å². The summed E-state index contributed by atoms with van der Waals surface area (Å²) in [5, 5.41) is 5.10. The number of rotatable bonds is 6. The molecule has 2 aliphatic heterocycles. The summed E-state index contributed by atoms with van der Waals surface area (Å²) in [7, 11) is 0.442. The summed E-state index contributed by atoms with van der Waals surface area (Å²) in [6.07, 6.45) is 13.1. The highest BCUT2D eigenvalue weighted by Gasteiger charge is 2.44. The number of ether oxygens (including phenoxy) is 2. The van der Waals surface area contributed by atoms with E-state index in [0.29, 0.717) is 43.3 Å². The molecule has 5 atom stereocenters. The maximum atomic E-state index is 14.3. The van der Waals surface area contributed by atoms with E-state index in [1.807, 2.05) is 37.5 Å². The summed E-state index contributed by atoms with van der Waals surface area (Å²) >= 11 is 6.45. The summed E-state index contributed by atoms with van der Waals surface area (Å²) in [6, 6.07) is 13.6. The lowest BCUT2D eigenvalue weighted by Gasteiger charge is -2.46. The predicted molar refractivity (Wildman–Crippen MR) is 197 cm³/mol. The van der Waals surface area contributed by atoms with Crippen molar-refractivity contribution in [3.8, 4) is 5.75 Å². The van der Waals surface area contributed by atoms with Crippen LogP contribution in [-0.2, 0) is 44.6 Å². The fourth-order valence-electron chi connectivity index (χ4n) is 8.38. The highest BCUT2D eigenvalue weighted by molar-refractivity contribution is 7.94. The molecule has 2 aromatic carbocycles. The largest absolute Gasteiger partial charge is 0.490 e. The molecule has 2 aliphatic carbocycles. The molecule has 7 rings (SSSR count). The smallest absolute Gasteiger partial charge is 0.285 e. The SMILES string of the molecule is CO[C@H]1/C=C/CCC[S@@](=O)(CC(=O)CCc2ccn(C)n2)=NC(=O)c2ccc3c(c2)N(C[C@@H]2CC[C@H]21)C[C@@]1(CCCc2cc(Cl)ccc21)CO3. The van der Waals surface area contributed by atoms with Crippen molar-refractivity contribution in [3.63, 3.8) is 0 Å². The number of carbonyl (C=O) groups excluding carboxylic acids is 2. The van der Waals surface area contributed by atoms with Crippen LogP contribution in [0.2, 0.25) is 5.02 Å². The predicted octanol–water partition coefficient (Wildman–Crippen LogP) is 6.75. The van der Waals surface area contributed by atoms with Gasteiger partial charge in [0.2, 0.25) is 0 Å². The first-order chi connectivity index (χ1) is 24.1. The number of Topliss-reactive ketones (excluding diaryl/α,β-unsaturated/α-hetero) is 1. The van der Waals surface area contributed by atoms with Gasteiger partial charge in [-0.1, -0.05) is 29.8 Å². The minimum atomic E-state index is -3.16. The maximum Gasteiger partial charge on any atom is 0.285 e. The van der Waals surface area contributed by atoms with Gasteiger partial charge < -0.3 is 14.4 Å². The van der Waals surface area contributed by atoms with E-state index in [-0.39, 0.29) is 35.2 Å². The summed E-state index contributed by atoms with van der Waals surface area (Å²) < 4.78 is 33.1. The number of halogens is 1. The van der Waals surface area contributed by atoms with Gasteiger partial charge in [-0.3, -0.25) is 14.3 Å². The summed E-state index contributed by atoms with van der Waals surface area (Å²) in [4.78, 5) is 29.5. The zero-order chi connectivity index (χ0) is 34.9. The van der Waals surface area contributed by atoms with Gasteiger partial charge in [0, 0.05) is 61.6 Å². The van der Waals surface area contributed by atoms with Gasteiger partial charge in [-0.2, -0.15) is 9.46 Å². The minimum absolute atomic E-state index is 0.0222. The number of carbonyl (C=O) groups is 2. The number of aryl methyl sites for hydroxylation is 3. The number of ketones is 1. The van der Waals surface area contributed by atoms with Gasteiger partial charge in [-0.25, -0.2) is 4.21 Å². The average Bonchev–Trinajstić information content (AvgIpc) is 3.44. The molecule has 1 spiro atoms. The third kappa shape index (κ3) is 7.44.